The van der Waals surface area contributed by atoms with E-state index in [-0.39, 0.29) is 5.91 Å². The van der Waals surface area contributed by atoms with Crippen LogP contribution in [0.4, 0.5) is 0 Å². The van der Waals surface area contributed by atoms with Crippen LogP contribution in [0.5, 0.6) is 0 Å². The minimum atomic E-state index is -0.430. The van der Waals surface area contributed by atoms with Gasteiger partial charge in [0.25, 0.3) is 5.91 Å². The van der Waals surface area contributed by atoms with Gasteiger partial charge in [-0.25, -0.2) is 9.78 Å². The zero-order valence-corrected chi connectivity index (χ0v) is 16.4. The molecule has 1 N–H and O–H groups in total. The maximum atomic E-state index is 13.0. The van der Waals surface area contributed by atoms with E-state index in [0.29, 0.717) is 17.9 Å². The molecule has 0 saturated carbocycles. The zero-order valence-electron chi connectivity index (χ0n) is 16.4. The number of piperazine rings is 1. The fourth-order valence-corrected chi connectivity index (χ4v) is 3.79. The Morgan fingerprint density at radius 3 is 2.64 bits per heavy atom. The maximum absolute atomic E-state index is 13.0. The Hall–Kier alpha value is -2.93. The number of H-pyrrole nitrogens is 1. The number of hydrogen-bond acceptors (Lipinski definition) is 5. The van der Waals surface area contributed by atoms with Crippen LogP contribution in [0, 0.1) is 6.92 Å². The molecule has 3 heterocycles. The second-order valence-corrected chi connectivity index (χ2v) is 7.22. The van der Waals surface area contributed by atoms with Crippen LogP contribution in [0.1, 0.15) is 33.3 Å². The van der Waals surface area contributed by atoms with E-state index in [1.165, 1.54) is 0 Å². The molecule has 146 valence electrons. The number of hydrogen-bond donors (Lipinski definition) is 1. The highest BCUT2D eigenvalue weighted by atomic mass is 16.5. The topological polar surface area (TPSA) is 78.5 Å². The predicted octanol–water partition coefficient (Wildman–Crippen LogP) is 2.59. The van der Waals surface area contributed by atoms with Crippen LogP contribution in [0.15, 0.2) is 24.4 Å². The van der Waals surface area contributed by atoms with Crippen molar-refractivity contribution in [2.75, 3.05) is 39.8 Å². The minimum Gasteiger partial charge on any atom is -0.461 e. The molecule has 1 saturated heterocycles. The first-order chi connectivity index (χ1) is 13.5. The second-order valence-electron chi connectivity index (χ2n) is 7.22. The van der Waals surface area contributed by atoms with Gasteiger partial charge in [0, 0.05) is 48.0 Å². The number of nitrogens with one attached hydrogen (secondary N) is 1. The second kappa shape index (κ2) is 7.24. The Balaban J connectivity index is 1.77. The summed E-state index contributed by atoms with van der Waals surface area (Å²) in [5, 5.41) is 1.82. The number of aromatic amines is 1. The number of fused-ring (bicyclic) bond motifs is 3. The number of benzene rings is 1. The van der Waals surface area contributed by atoms with E-state index in [1.54, 1.807) is 13.1 Å². The molecule has 7 nitrogen and oxygen atoms in total. The molecule has 3 aromatic rings. The lowest BCUT2D eigenvalue weighted by atomic mass is 10.0. The number of aromatic nitrogens is 2. The summed E-state index contributed by atoms with van der Waals surface area (Å²) in [4.78, 5) is 36.9. The molecule has 1 aliphatic rings. The number of aryl methyl sites for hydroxylation is 1. The van der Waals surface area contributed by atoms with E-state index in [0.717, 1.165) is 53.5 Å². The standard InChI is InChI=1S/C21H24N4O3/c1-4-28-21(27)19-13(2)18-15-11-14(5-6-16(15)23-17(18)12-22-19)20(26)25-9-7-24(3)8-10-25/h5-6,11-12,23H,4,7-10H2,1-3H3. The monoisotopic (exact) mass is 380 g/mol. The molecule has 1 aliphatic heterocycles. The number of pyridine rings is 1. The summed E-state index contributed by atoms with van der Waals surface area (Å²) < 4.78 is 5.12. The predicted molar refractivity (Wildman–Crippen MR) is 108 cm³/mol. The Bertz CT molecular complexity index is 1060. The van der Waals surface area contributed by atoms with Gasteiger partial charge in [0.1, 0.15) is 0 Å². The zero-order chi connectivity index (χ0) is 19.8. The molecule has 4 rings (SSSR count). The van der Waals surface area contributed by atoms with Crippen molar-refractivity contribution in [2.24, 2.45) is 0 Å². The lowest BCUT2D eigenvalue weighted by Gasteiger charge is -2.32. The van der Waals surface area contributed by atoms with Crippen molar-refractivity contribution in [1.29, 1.82) is 0 Å². The van der Waals surface area contributed by atoms with Gasteiger partial charge >= 0.3 is 5.97 Å². The SMILES string of the molecule is CCOC(=O)c1ncc2[nH]c3ccc(C(=O)N4CCN(C)CC4)cc3c2c1C. The minimum absolute atomic E-state index is 0.0432. The van der Waals surface area contributed by atoms with Crippen molar-refractivity contribution in [1.82, 2.24) is 19.8 Å². The number of esters is 1. The highest BCUT2D eigenvalue weighted by Gasteiger charge is 2.22. The average molecular weight is 380 g/mol. The third-order valence-corrected chi connectivity index (χ3v) is 5.39. The fraction of sp³-hybridized carbons (Fsp3) is 0.381. The summed E-state index contributed by atoms with van der Waals surface area (Å²) in [6, 6.07) is 5.69. The normalized spacial score (nSPS) is 15.3. The molecule has 2 aromatic heterocycles. The van der Waals surface area contributed by atoms with Crippen molar-refractivity contribution < 1.29 is 14.3 Å². The lowest BCUT2D eigenvalue weighted by molar-refractivity contribution is 0.0518. The average Bonchev–Trinajstić information content (AvgIpc) is 3.07. The van der Waals surface area contributed by atoms with Gasteiger partial charge in [-0.1, -0.05) is 0 Å². The summed E-state index contributed by atoms with van der Waals surface area (Å²) in [6.45, 7) is 7.17. The molecular weight excluding hydrogens is 356 g/mol. The number of rotatable bonds is 3. The smallest absolute Gasteiger partial charge is 0.357 e. The van der Waals surface area contributed by atoms with Gasteiger partial charge in [-0.05, 0) is 44.7 Å². The van der Waals surface area contributed by atoms with Crippen molar-refractivity contribution in [3.63, 3.8) is 0 Å². The van der Waals surface area contributed by atoms with Gasteiger partial charge in [0.05, 0.1) is 18.3 Å². The molecule has 0 unspecified atom stereocenters. The van der Waals surface area contributed by atoms with Gasteiger partial charge < -0.3 is 19.5 Å². The first-order valence-electron chi connectivity index (χ1n) is 9.55. The molecule has 0 aliphatic carbocycles. The van der Waals surface area contributed by atoms with Crippen LogP contribution in [0.25, 0.3) is 21.8 Å². The molecular formula is C21H24N4O3. The number of nitrogens with zero attached hydrogens (tertiary/aromatic N) is 3. The van der Waals surface area contributed by atoms with Crippen LogP contribution >= 0.6 is 0 Å². The van der Waals surface area contributed by atoms with E-state index in [9.17, 15) is 9.59 Å². The van der Waals surface area contributed by atoms with Crippen molar-refractivity contribution in [3.8, 4) is 0 Å². The third kappa shape index (κ3) is 3.11. The van der Waals surface area contributed by atoms with E-state index < -0.39 is 5.97 Å². The Labute approximate surface area is 163 Å². The van der Waals surface area contributed by atoms with Crippen LogP contribution in [-0.2, 0) is 4.74 Å². The van der Waals surface area contributed by atoms with E-state index in [1.807, 2.05) is 30.0 Å². The van der Waals surface area contributed by atoms with Gasteiger partial charge in [-0.15, -0.1) is 0 Å². The van der Waals surface area contributed by atoms with Crippen LogP contribution in [0.2, 0.25) is 0 Å². The molecule has 1 amide bonds. The molecule has 1 aromatic carbocycles. The van der Waals surface area contributed by atoms with Crippen molar-refractivity contribution >= 4 is 33.7 Å². The first-order valence-corrected chi connectivity index (χ1v) is 9.55. The van der Waals surface area contributed by atoms with Gasteiger partial charge in [-0.2, -0.15) is 0 Å². The van der Waals surface area contributed by atoms with Crippen LogP contribution in [0.3, 0.4) is 0 Å². The van der Waals surface area contributed by atoms with Gasteiger partial charge in [0.15, 0.2) is 5.69 Å². The molecule has 0 bridgehead atoms. The number of likely N-dealkylation sites (N-methyl/N-ethyl adjacent to an activating group) is 1. The largest absolute Gasteiger partial charge is 0.461 e. The highest BCUT2D eigenvalue weighted by molar-refractivity contribution is 6.12. The molecule has 0 atom stereocenters. The van der Waals surface area contributed by atoms with Crippen LogP contribution in [-0.4, -0.2) is 71.5 Å². The molecule has 7 heteroatoms. The summed E-state index contributed by atoms with van der Waals surface area (Å²) in [7, 11) is 2.07. The van der Waals surface area contributed by atoms with Crippen molar-refractivity contribution in [3.05, 3.63) is 41.2 Å². The molecule has 1 fully saturated rings. The summed E-state index contributed by atoms with van der Waals surface area (Å²) in [5.74, 6) is -0.386. The Morgan fingerprint density at radius 2 is 1.93 bits per heavy atom. The third-order valence-electron chi connectivity index (χ3n) is 5.39. The summed E-state index contributed by atoms with van der Waals surface area (Å²) in [6.07, 6.45) is 1.65. The Kier molecular flexibility index (Phi) is 4.77. The number of carbonyl (C=O) groups is 2. The molecule has 0 radical (unpaired) electrons. The molecule has 0 spiro atoms. The Morgan fingerprint density at radius 1 is 1.18 bits per heavy atom. The number of carbonyl (C=O) groups excluding carboxylic acids is 2. The summed E-state index contributed by atoms with van der Waals surface area (Å²) >= 11 is 0. The highest BCUT2D eigenvalue weighted by Crippen LogP contribution is 2.30. The van der Waals surface area contributed by atoms with E-state index >= 15 is 0 Å². The van der Waals surface area contributed by atoms with Crippen LogP contribution < -0.4 is 0 Å². The van der Waals surface area contributed by atoms with Gasteiger partial charge in [-0.3, -0.25) is 4.79 Å². The van der Waals surface area contributed by atoms with Crippen molar-refractivity contribution in [2.45, 2.75) is 13.8 Å². The first kappa shape index (κ1) is 18.4. The van der Waals surface area contributed by atoms with E-state index in [2.05, 4.69) is 21.9 Å². The lowest BCUT2D eigenvalue weighted by Crippen LogP contribution is -2.47. The number of amides is 1. The van der Waals surface area contributed by atoms with E-state index in [4.69, 9.17) is 4.74 Å². The fourth-order valence-electron chi connectivity index (χ4n) is 3.79. The molecule has 28 heavy (non-hydrogen) atoms. The quantitative estimate of drug-likeness (QED) is 0.707. The van der Waals surface area contributed by atoms with Gasteiger partial charge in [0.2, 0.25) is 0 Å². The summed E-state index contributed by atoms with van der Waals surface area (Å²) in [5.41, 5.74) is 3.48. The maximum Gasteiger partial charge on any atom is 0.357 e. The number of ether oxygens (including phenoxy) is 1.